The second-order valence-electron chi connectivity index (χ2n) is 8.87. The van der Waals surface area contributed by atoms with Gasteiger partial charge in [0, 0.05) is 25.5 Å². The predicted molar refractivity (Wildman–Crippen MR) is 126 cm³/mol. The summed E-state index contributed by atoms with van der Waals surface area (Å²) in [7, 11) is 1.35. The van der Waals surface area contributed by atoms with E-state index in [0.29, 0.717) is 6.42 Å². The number of hydrogen-bond donors (Lipinski definition) is 3. The van der Waals surface area contributed by atoms with Crippen LogP contribution in [0.4, 0.5) is 4.79 Å². The largest absolute Gasteiger partial charge is 0.479 e. The number of carboxylic acid groups (broad SMARTS) is 1. The van der Waals surface area contributed by atoms with E-state index >= 15 is 0 Å². The first-order valence-electron chi connectivity index (χ1n) is 11.8. The summed E-state index contributed by atoms with van der Waals surface area (Å²) in [5.41, 5.74) is 6.85. The molecule has 2 aliphatic rings. The normalized spacial score (nSPS) is 19.5. The fourth-order valence-corrected chi connectivity index (χ4v) is 5.00. The first kappa shape index (κ1) is 24.7. The Morgan fingerprint density at radius 3 is 2.31 bits per heavy atom. The molecule has 1 fully saturated rings. The predicted octanol–water partition coefficient (Wildman–Crippen LogP) is 3.09. The van der Waals surface area contributed by atoms with E-state index in [9.17, 15) is 14.4 Å². The Kier molecular flexibility index (Phi) is 7.99. The molecule has 0 aliphatic heterocycles. The number of carbonyl (C=O) groups excluding carboxylic acids is 2. The fourth-order valence-electron chi connectivity index (χ4n) is 5.00. The zero-order valence-electron chi connectivity index (χ0n) is 19.6. The molecule has 3 N–H and O–H groups in total. The number of rotatable bonds is 10. The molecule has 0 spiro atoms. The Morgan fingerprint density at radius 2 is 1.69 bits per heavy atom. The summed E-state index contributed by atoms with van der Waals surface area (Å²) in [6, 6.07) is 16.3. The van der Waals surface area contributed by atoms with E-state index in [1.54, 1.807) is 0 Å². The average molecular weight is 483 g/mol. The molecule has 0 aromatic heterocycles. The number of amides is 2. The van der Waals surface area contributed by atoms with Gasteiger partial charge in [-0.2, -0.15) is 0 Å². The van der Waals surface area contributed by atoms with Gasteiger partial charge in [0.15, 0.2) is 0 Å². The molecule has 1 saturated carbocycles. The zero-order valence-corrected chi connectivity index (χ0v) is 19.6. The van der Waals surface area contributed by atoms with Crippen molar-refractivity contribution in [1.29, 1.82) is 0 Å². The molecular formula is C26H30N2O7. The van der Waals surface area contributed by atoms with Crippen molar-refractivity contribution >= 4 is 18.0 Å². The number of ether oxygens (including phenoxy) is 2. The van der Waals surface area contributed by atoms with Crippen LogP contribution in [0.1, 0.15) is 36.3 Å². The number of hydrogen-bond acceptors (Lipinski definition) is 6. The van der Waals surface area contributed by atoms with E-state index in [1.165, 1.54) is 7.11 Å². The average Bonchev–Trinajstić information content (AvgIpc) is 3.46. The summed E-state index contributed by atoms with van der Waals surface area (Å²) in [6.45, 7) is 0.320. The van der Waals surface area contributed by atoms with Gasteiger partial charge < -0.3 is 19.9 Å². The first-order valence-corrected chi connectivity index (χ1v) is 11.8. The van der Waals surface area contributed by atoms with E-state index in [2.05, 4.69) is 35.1 Å². The molecule has 0 heterocycles. The van der Waals surface area contributed by atoms with Crippen molar-refractivity contribution in [2.75, 3.05) is 26.9 Å². The topological polar surface area (TPSA) is 123 Å². The number of methoxy groups -OCH3 is 1. The maximum Gasteiger partial charge on any atom is 0.407 e. The standard InChI is InChI=1S/C26H30N2O7/c1-33-15-23(25(30)31)35-28-24(29)17-12-6-7-16(17)13-27-26(32)34-14-22-20-10-4-2-8-18(20)19-9-3-5-11-21(19)22/h2-5,8-11,16-17,22-23H,6-7,12-15H2,1H3,(H,27,32)(H,28,29)(H,30,31)/t16-,17-,23?/m1/s1. The monoisotopic (exact) mass is 482 g/mol. The second-order valence-corrected chi connectivity index (χ2v) is 8.87. The number of hydroxylamine groups is 1. The van der Waals surface area contributed by atoms with Crippen LogP contribution in [0.25, 0.3) is 11.1 Å². The maximum atomic E-state index is 12.6. The SMILES string of the molecule is COCC(ONC(=O)[C@@H]1CCC[C@@H]1CNC(=O)OCC1c2ccccc2-c2ccccc21)C(=O)O. The highest BCUT2D eigenvalue weighted by Crippen LogP contribution is 2.44. The Balaban J connectivity index is 1.27. The third-order valence-corrected chi connectivity index (χ3v) is 6.74. The number of alkyl carbamates (subject to hydrolysis) is 1. The lowest BCUT2D eigenvalue weighted by atomic mass is 9.95. The smallest absolute Gasteiger partial charge is 0.407 e. The van der Waals surface area contributed by atoms with E-state index < -0.39 is 24.1 Å². The quantitative estimate of drug-likeness (QED) is 0.445. The van der Waals surface area contributed by atoms with Crippen molar-refractivity contribution in [3.05, 3.63) is 59.7 Å². The fraction of sp³-hybridized carbons (Fsp3) is 0.423. The lowest BCUT2D eigenvalue weighted by Crippen LogP contribution is -2.42. The molecule has 2 amide bonds. The minimum atomic E-state index is -1.29. The molecule has 9 nitrogen and oxygen atoms in total. The summed E-state index contributed by atoms with van der Waals surface area (Å²) in [5, 5.41) is 11.9. The van der Waals surface area contributed by atoms with Crippen LogP contribution in [-0.4, -0.2) is 56.0 Å². The van der Waals surface area contributed by atoms with Crippen LogP contribution in [0, 0.1) is 11.8 Å². The van der Waals surface area contributed by atoms with E-state index in [0.717, 1.165) is 35.1 Å². The highest BCUT2D eigenvalue weighted by Gasteiger charge is 2.34. The number of carboxylic acids is 1. The van der Waals surface area contributed by atoms with Gasteiger partial charge in [-0.3, -0.25) is 9.63 Å². The van der Waals surface area contributed by atoms with Gasteiger partial charge in [0.1, 0.15) is 6.61 Å². The van der Waals surface area contributed by atoms with Gasteiger partial charge in [-0.15, -0.1) is 0 Å². The Bertz CT molecular complexity index is 1030. The summed E-state index contributed by atoms with van der Waals surface area (Å²) in [5.74, 6) is -2.13. The van der Waals surface area contributed by atoms with Crippen molar-refractivity contribution < 1.29 is 33.8 Å². The molecular weight excluding hydrogens is 452 g/mol. The van der Waals surface area contributed by atoms with Gasteiger partial charge in [0.2, 0.25) is 12.0 Å². The molecule has 2 aliphatic carbocycles. The Labute approximate surface area is 203 Å². The van der Waals surface area contributed by atoms with E-state index in [1.807, 2.05) is 24.3 Å². The van der Waals surface area contributed by atoms with Crippen LogP contribution >= 0.6 is 0 Å². The first-order chi connectivity index (χ1) is 17.0. The molecule has 9 heteroatoms. The molecule has 0 bridgehead atoms. The van der Waals surface area contributed by atoms with Crippen molar-refractivity contribution in [3.8, 4) is 11.1 Å². The molecule has 1 unspecified atom stereocenters. The third kappa shape index (κ3) is 5.63. The molecule has 3 atom stereocenters. The highest BCUT2D eigenvalue weighted by molar-refractivity contribution is 5.80. The number of nitrogens with one attached hydrogen (secondary N) is 2. The van der Waals surface area contributed by atoms with Crippen LogP contribution < -0.4 is 10.8 Å². The van der Waals surface area contributed by atoms with E-state index in [4.69, 9.17) is 19.4 Å². The number of aliphatic carboxylic acids is 1. The molecule has 4 rings (SSSR count). The van der Waals surface area contributed by atoms with Gasteiger partial charge in [-0.1, -0.05) is 55.0 Å². The Hall–Kier alpha value is -3.43. The van der Waals surface area contributed by atoms with Gasteiger partial charge in [-0.05, 0) is 41.0 Å². The molecule has 2 aromatic rings. The minimum Gasteiger partial charge on any atom is -0.479 e. The van der Waals surface area contributed by atoms with Gasteiger partial charge in [0.25, 0.3) is 0 Å². The number of fused-ring (bicyclic) bond motifs is 3. The zero-order chi connectivity index (χ0) is 24.8. The lowest BCUT2D eigenvalue weighted by Gasteiger charge is -2.21. The van der Waals surface area contributed by atoms with Crippen molar-refractivity contribution in [2.45, 2.75) is 31.3 Å². The summed E-state index contributed by atoms with van der Waals surface area (Å²) < 4.78 is 10.4. The van der Waals surface area contributed by atoms with Gasteiger partial charge >= 0.3 is 12.1 Å². The minimum absolute atomic E-state index is 0.0235. The number of carbonyl (C=O) groups is 3. The molecule has 0 radical (unpaired) electrons. The maximum absolute atomic E-state index is 12.6. The molecule has 0 saturated heterocycles. The van der Waals surface area contributed by atoms with Crippen LogP contribution in [0.5, 0.6) is 0 Å². The van der Waals surface area contributed by atoms with Crippen molar-refractivity contribution in [2.24, 2.45) is 11.8 Å². The summed E-state index contributed by atoms with van der Waals surface area (Å²) in [6.07, 6.45) is 0.411. The summed E-state index contributed by atoms with van der Waals surface area (Å²) >= 11 is 0. The van der Waals surface area contributed by atoms with Gasteiger partial charge in [0.05, 0.1) is 6.61 Å². The lowest BCUT2D eigenvalue weighted by molar-refractivity contribution is -0.166. The van der Waals surface area contributed by atoms with Crippen LogP contribution in [0.2, 0.25) is 0 Å². The van der Waals surface area contributed by atoms with Crippen molar-refractivity contribution in [1.82, 2.24) is 10.8 Å². The second kappa shape index (κ2) is 11.3. The third-order valence-electron chi connectivity index (χ3n) is 6.74. The van der Waals surface area contributed by atoms with Gasteiger partial charge in [-0.25, -0.2) is 15.1 Å². The molecule has 35 heavy (non-hydrogen) atoms. The molecule has 186 valence electrons. The number of benzene rings is 2. The van der Waals surface area contributed by atoms with Crippen molar-refractivity contribution in [3.63, 3.8) is 0 Å². The summed E-state index contributed by atoms with van der Waals surface area (Å²) in [4.78, 5) is 41.2. The van der Waals surface area contributed by atoms with Crippen LogP contribution in [0.15, 0.2) is 48.5 Å². The van der Waals surface area contributed by atoms with Crippen LogP contribution in [0.3, 0.4) is 0 Å². The molecule has 2 aromatic carbocycles. The van der Waals surface area contributed by atoms with Crippen LogP contribution in [-0.2, 0) is 23.9 Å². The highest BCUT2D eigenvalue weighted by atomic mass is 16.7. The van der Waals surface area contributed by atoms with E-state index in [-0.39, 0.29) is 37.5 Å². The Morgan fingerprint density at radius 1 is 1.03 bits per heavy atom.